The van der Waals surface area contributed by atoms with Gasteiger partial charge in [0.15, 0.2) is 0 Å². The van der Waals surface area contributed by atoms with E-state index >= 15 is 0 Å². The van der Waals surface area contributed by atoms with Gasteiger partial charge in [0.1, 0.15) is 5.60 Å². The molecule has 1 aliphatic carbocycles. The van der Waals surface area contributed by atoms with Gasteiger partial charge in [0.25, 0.3) is 0 Å². The molecule has 0 amide bonds. The number of hydrogen-bond donors (Lipinski definition) is 1. The quantitative estimate of drug-likeness (QED) is 0.776. The van der Waals surface area contributed by atoms with Crippen LogP contribution in [-0.4, -0.2) is 38.0 Å². The molecule has 3 heteroatoms. The summed E-state index contributed by atoms with van der Waals surface area (Å²) in [4.78, 5) is 0. The Labute approximate surface area is 97.9 Å². The summed E-state index contributed by atoms with van der Waals surface area (Å²) in [5.74, 6) is 0.921. The maximum absolute atomic E-state index is 6.31. The molecule has 1 N–H and O–H groups in total. The lowest BCUT2D eigenvalue weighted by Crippen LogP contribution is -2.54. The minimum Gasteiger partial charge on any atom is -0.378 e. The van der Waals surface area contributed by atoms with Crippen LogP contribution in [0.25, 0.3) is 0 Å². The topological polar surface area (TPSA) is 30.5 Å². The molecule has 3 rings (SSSR count). The first kappa shape index (κ1) is 11.0. The van der Waals surface area contributed by atoms with E-state index in [1.54, 1.807) is 0 Å². The molecule has 3 aliphatic rings. The van der Waals surface area contributed by atoms with E-state index in [4.69, 9.17) is 9.47 Å². The van der Waals surface area contributed by atoms with Gasteiger partial charge in [0.2, 0.25) is 0 Å². The van der Waals surface area contributed by atoms with Gasteiger partial charge >= 0.3 is 0 Å². The number of nitrogens with one attached hydrogen (secondary N) is 1. The highest BCUT2D eigenvalue weighted by molar-refractivity contribution is 4.92. The molecule has 0 radical (unpaired) electrons. The fraction of sp³-hybridized carbons (Fsp3) is 1.00. The molecule has 0 aromatic heterocycles. The molecule has 16 heavy (non-hydrogen) atoms. The number of rotatable bonds is 2. The Bertz CT molecular complexity index is 232. The van der Waals surface area contributed by atoms with Gasteiger partial charge < -0.3 is 14.8 Å². The van der Waals surface area contributed by atoms with E-state index in [1.807, 2.05) is 0 Å². The van der Waals surface area contributed by atoms with E-state index in [-0.39, 0.29) is 5.60 Å². The molecule has 3 nitrogen and oxygen atoms in total. The van der Waals surface area contributed by atoms with Crippen molar-refractivity contribution in [2.24, 2.45) is 5.92 Å². The fourth-order valence-corrected chi connectivity index (χ4v) is 3.47. The van der Waals surface area contributed by atoms with Crippen molar-refractivity contribution in [2.75, 3.05) is 26.3 Å². The molecule has 92 valence electrons. The van der Waals surface area contributed by atoms with Gasteiger partial charge in [-0.25, -0.2) is 0 Å². The van der Waals surface area contributed by atoms with Crippen molar-refractivity contribution < 1.29 is 9.47 Å². The summed E-state index contributed by atoms with van der Waals surface area (Å²) < 4.78 is 11.8. The van der Waals surface area contributed by atoms with Crippen LogP contribution in [0.5, 0.6) is 0 Å². The van der Waals surface area contributed by atoms with Crippen LogP contribution in [0.4, 0.5) is 0 Å². The van der Waals surface area contributed by atoms with Gasteiger partial charge in [-0.05, 0) is 12.3 Å². The van der Waals surface area contributed by atoms with Crippen molar-refractivity contribution >= 4 is 0 Å². The molecular weight excluding hydrogens is 202 g/mol. The number of ether oxygens (including phenoxy) is 2. The maximum atomic E-state index is 6.31. The average Bonchev–Trinajstić information content (AvgIpc) is 2.91. The van der Waals surface area contributed by atoms with Gasteiger partial charge in [-0.1, -0.05) is 25.7 Å². The summed E-state index contributed by atoms with van der Waals surface area (Å²) in [7, 11) is 0. The SMILES string of the molecule is C1CCC(CC2CNCC3(CCOC3)O2)C1. The second-order valence-electron chi connectivity index (χ2n) is 5.74. The van der Waals surface area contributed by atoms with Crippen molar-refractivity contribution in [1.29, 1.82) is 0 Å². The van der Waals surface area contributed by atoms with Crippen molar-refractivity contribution in [3.05, 3.63) is 0 Å². The van der Waals surface area contributed by atoms with Crippen LogP contribution in [0.2, 0.25) is 0 Å². The molecule has 2 saturated heterocycles. The third-order valence-corrected chi connectivity index (χ3v) is 4.37. The Kier molecular flexibility index (Phi) is 3.18. The second-order valence-corrected chi connectivity index (χ2v) is 5.74. The van der Waals surface area contributed by atoms with Gasteiger partial charge in [0, 0.05) is 26.1 Å². The van der Waals surface area contributed by atoms with Crippen molar-refractivity contribution in [2.45, 2.75) is 50.2 Å². The van der Waals surface area contributed by atoms with E-state index in [9.17, 15) is 0 Å². The first-order valence-electron chi connectivity index (χ1n) is 6.83. The molecule has 2 atom stereocenters. The highest BCUT2D eigenvalue weighted by atomic mass is 16.6. The fourth-order valence-electron chi connectivity index (χ4n) is 3.47. The molecule has 0 aromatic carbocycles. The molecule has 2 unspecified atom stereocenters. The summed E-state index contributed by atoms with van der Waals surface area (Å²) in [6, 6.07) is 0. The van der Waals surface area contributed by atoms with Crippen LogP contribution < -0.4 is 5.32 Å². The van der Waals surface area contributed by atoms with Gasteiger partial charge in [-0.2, -0.15) is 0 Å². The van der Waals surface area contributed by atoms with Gasteiger partial charge in [0.05, 0.1) is 12.7 Å². The van der Waals surface area contributed by atoms with E-state index in [1.165, 1.54) is 32.1 Å². The van der Waals surface area contributed by atoms with E-state index in [2.05, 4.69) is 5.32 Å². The predicted molar refractivity (Wildman–Crippen MR) is 62.5 cm³/mol. The zero-order chi connectivity index (χ0) is 10.8. The Morgan fingerprint density at radius 2 is 2.12 bits per heavy atom. The van der Waals surface area contributed by atoms with Crippen molar-refractivity contribution in [3.63, 3.8) is 0 Å². The van der Waals surface area contributed by atoms with Crippen LogP contribution >= 0.6 is 0 Å². The lowest BCUT2D eigenvalue weighted by Gasteiger charge is -2.39. The molecule has 3 fully saturated rings. The lowest BCUT2D eigenvalue weighted by atomic mass is 9.95. The Morgan fingerprint density at radius 1 is 1.25 bits per heavy atom. The zero-order valence-electron chi connectivity index (χ0n) is 10.0. The van der Waals surface area contributed by atoms with E-state index in [0.29, 0.717) is 6.10 Å². The van der Waals surface area contributed by atoms with Crippen LogP contribution in [0.3, 0.4) is 0 Å². The Morgan fingerprint density at radius 3 is 2.88 bits per heavy atom. The number of hydrogen-bond acceptors (Lipinski definition) is 3. The van der Waals surface area contributed by atoms with Crippen LogP contribution in [0, 0.1) is 5.92 Å². The zero-order valence-corrected chi connectivity index (χ0v) is 10.0. The first-order valence-corrected chi connectivity index (χ1v) is 6.83. The molecule has 0 aromatic rings. The molecule has 1 saturated carbocycles. The lowest BCUT2D eigenvalue weighted by molar-refractivity contribution is -0.122. The summed E-state index contributed by atoms with van der Waals surface area (Å²) in [6.45, 7) is 3.69. The van der Waals surface area contributed by atoms with Crippen LogP contribution in [0.15, 0.2) is 0 Å². The number of morpholine rings is 1. The van der Waals surface area contributed by atoms with Gasteiger partial charge in [-0.15, -0.1) is 0 Å². The molecular formula is C13H23NO2. The predicted octanol–water partition coefficient (Wildman–Crippen LogP) is 1.71. The van der Waals surface area contributed by atoms with Crippen LogP contribution in [-0.2, 0) is 9.47 Å². The molecule has 2 heterocycles. The minimum atomic E-state index is 0.0154. The molecule has 0 bridgehead atoms. The van der Waals surface area contributed by atoms with E-state index < -0.39 is 0 Å². The van der Waals surface area contributed by atoms with E-state index in [0.717, 1.165) is 38.6 Å². The summed E-state index contributed by atoms with van der Waals surface area (Å²) in [5, 5.41) is 3.54. The second kappa shape index (κ2) is 4.63. The highest BCUT2D eigenvalue weighted by Crippen LogP contribution is 2.33. The summed E-state index contributed by atoms with van der Waals surface area (Å²) in [6.07, 6.45) is 8.46. The third-order valence-electron chi connectivity index (χ3n) is 4.37. The van der Waals surface area contributed by atoms with Crippen molar-refractivity contribution in [1.82, 2.24) is 5.32 Å². The first-order chi connectivity index (χ1) is 7.86. The largest absolute Gasteiger partial charge is 0.378 e. The Hall–Kier alpha value is -0.120. The summed E-state index contributed by atoms with van der Waals surface area (Å²) >= 11 is 0. The van der Waals surface area contributed by atoms with Crippen LogP contribution in [0.1, 0.15) is 38.5 Å². The third kappa shape index (κ3) is 2.27. The molecule has 2 aliphatic heterocycles. The van der Waals surface area contributed by atoms with Gasteiger partial charge in [-0.3, -0.25) is 0 Å². The monoisotopic (exact) mass is 225 g/mol. The average molecular weight is 225 g/mol. The minimum absolute atomic E-state index is 0.0154. The highest BCUT2D eigenvalue weighted by Gasteiger charge is 2.41. The maximum Gasteiger partial charge on any atom is 0.106 e. The molecule has 1 spiro atoms. The normalized spacial score (nSPS) is 40.9. The Balaban J connectivity index is 1.55. The summed E-state index contributed by atoms with van der Waals surface area (Å²) in [5.41, 5.74) is 0.0154. The smallest absolute Gasteiger partial charge is 0.106 e. The standard InChI is InChI=1S/C13H23NO2/c1-2-4-11(3-1)7-12-8-14-9-13(16-12)5-6-15-10-13/h11-12,14H,1-10H2. The van der Waals surface area contributed by atoms with Crippen molar-refractivity contribution in [3.8, 4) is 0 Å².